The fourth-order valence-corrected chi connectivity index (χ4v) is 4.07. The van der Waals surface area contributed by atoms with Crippen LogP contribution in [0.5, 0.6) is 0 Å². The topological polar surface area (TPSA) is 89.9 Å². The molecular formula is C14H23N5O3S. The van der Waals surface area contributed by atoms with Crippen molar-refractivity contribution in [2.24, 2.45) is 0 Å². The van der Waals surface area contributed by atoms with Crippen molar-refractivity contribution in [3.05, 3.63) is 12.4 Å². The molecule has 0 aromatic carbocycles. The van der Waals surface area contributed by atoms with Gasteiger partial charge in [-0.2, -0.15) is 4.31 Å². The van der Waals surface area contributed by atoms with Gasteiger partial charge in [0.2, 0.25) is 10.0 Å². The minimum Gasteiger partial charge on any atom is -0.394 e. The van der Waals surface area contributed by atoms with Crippen LogP contribution in [0.4, 0.5) is 11.6 Å². The summed E-state index contributed by atoms with van der Waals surface area (Å²) in [5.41, 5.74) is 0. The van der Waals surface area contributed by atoms with E-state index in [-0.39, 0.29) is 12.6 Å². The Labute approximate surface area is 136 Å². The molecule has 0 saturated carbocycles. The number of anilines is 2. The van der Waals surface area contributed by atoms with E-state index in [1.165, 1.54) is 10.6 Å². The van der Waals surface area contributed by atoms with E-state index >= 15 is 0 Å². The van der Waals surface area contributed by atoms with Crippen LogP contribution >= 0.6 is 0 Å². The van der Waals surface area contributed by atoms with Crippen LogP contribution in [0.25, 0.3) is 0 Å². The van der Waals surface area contributed by atoms with E-state index in [4.69, 9.17) is 0 Å². The second-order valence-electron chi connectivity index (χ2n) is 6.06. The Kier molecular flexibility index (Phi) is 4.69. The highest BCUT2D eigenvalue weighted by atomic mass is 32.2. The normalized spacial score (nSPS) is 23.5. The zero-order valence-electron chi connectivity index (χ0n) is 13.3. The number of aliphatic hydroxyl groups excluding tert-OH is 1. The summed E-state index contributed by atoms with van der Waals surface area (Å²) in [5.74, 6) is 1.64. The van der Waals surface area contributed by atoms with Crippen LogP contribution in [0.3, 0.4) is 0 Å². The summed E-state index contributed by atoms with van der Waals surface area (Å²) in [6.07, 6.45) is 4.81. The Hall–Kier alpha value is -1.45. The number of sulfonamides is 1. The lowest BCUT2D eigenvalue weighted by molar-refractivity contribution is 0.266. The molecule has 2 saturated heterocycles. The summed E-state index contributed by atoms with van der Waals surface area (Å²) in [6.45, 7) is 3.21. The van der Waals surface area contributed by atoms with Gasteiger partial charge in [0, 0.05) is 38.8 Å². The van der Waals surface area contributed by atoms with Crippen molar-refractivity contribution in [1.82, 2.24) is 14.3 Å². The van der Waals surface area contributed by atoms with Crippen LogP contribution < -0.4 is 9.80 Å². The highest BCUT2D eigenvalue weighted by molar-refractivity contribution is 7.88. The molecule has 23 heavy (non-hydrogen) atoms. The molecule has 0 radical (unpaired) electrons. The highest BCUT2D eigenvalue weighted by Crippen LogP contribution is 2.26. The minimum absolute atomic E-state index is 0.125. The Morgan fingerprint density at radius 1 is 1.17 bits per heavy atom. The molecule has 2 fully saturated rings. The number of rotatable bonds is 4. The predicted octanol–water partition coefficient (Wildman–Crippen LogP) is -0.481. The molecule has 0 spiro atoms. The lowest BCUT2D eigenvalue weighted by atomic mass is 10.2. The van der Waals surface area contributed by atoms with E-state index in [2.05, 4.69) is 19.8 Å². The third-order valence-electron chi connectivity index (χ3n) is 4.55. The van der Waals surface area contributed by atoms with Gasteiger partial charge in [-0.05, 0) is 12.8 Å². The van der Waals surface area contributed by atoms with E-state index in [0.29, 0.717) is 26.2 Å². The minimum atomic E-state index is -3.13. The third-order valence-corrected chi connectivity index (χ3v) is 5.86. The molecule has 1 atom stereocenters. The van der Waals surface area contributed by atoms with Crippen molar-refractivity contribution in [2.75, 3.05) is 55.4 Å². The zero-order valence-corrected chi connectivity index (χ0v) is 14.1. The van der Waals surface area contributed by atoms with Gasteiger partial charge in [0.1, 0.15) is 18.0 Å². The molecule has 3 heterocycles. The van der Waals surface area contributed by atoms with Gasteiger partial charge < -0.3 is 14.9 Å². The third kappa shape index (κ3) is 3.56. The summed E-state index contributed by atoms with van der Waals surface area (Å²) in [4.78, 5) is 12.9. The first kappa shape index (κ1) is 16.4. The summed E-state index contributed by atoms with van der Waals surface area (Å²) < 4.78 is 24.7. The van der Waals surface area contributed by atoms with Crippen molar-refractivity contribution in [2.45, 2.75) is 18.9 Å². The fourth-order valence-electron chi connectivity index (χ4n) is 3.24. The van der Waals surface area contributed by atoms with Crippen molar-refractivity contribution in [3.63, 3.8) is 0 Å². The smallest absolute Gasteiger partial charge is 0.211 e. The summed E-state index contributed by atoms with van der Waals surface area (Å²) >= 11 is 0. The molecular weight excluding hydrogens is 318 g/mol. The van der Waals surface area contributed by atoms with E-state index in [1.807, 2.05) is 6.07 Å². The second-order valence-corrected chi connectivity index (χ2v) is 8.04. The number of hydrogen-bond acceptors (Lipinski definition) is 7. The number of aliphatic hydroxyl groups is 1. The SMILES string of the molecule is CS(=O)(=O)N1CCN(c2cc(N3CCCC3CO)ncn2)CC1. The quantitative estimate of drug-likeness (QED) is 0.791. The zero-order chi connectivity index (χ0) is 16.4. The van der Waals surface area contributed by atoms with Gasteiger partial charge in [0.25, 0.3) is 0 Å². The van der Waals surface area contributed by atoms with Crippen LogP contribution in [-0.2, 0) is 10.0 Å². The Balaban J connectivity index is 1.71. The number of aromatic nitrogens is 2. The van der Waals surface area contributed by atoms with E-state index in [9.17, 15) is 13.5 Å². The van der Waals surface area contributed by atoms with Gasteiger partial charge >= 0.3 is 0 Å². The number of hydrogen-bond donors (Lipinski definition) is 1. The summed E-state index contributed by atoms with van der Waals surface area (Å²) in [6, 6.07) is 2.06. The molecule has 128 valence electrons. The summed E-state index contributed by atoms with van der Waals surface area (Å²) in [5, 5.41) is 9.46. The van der Waals surface area contributed by atoms with Crippen LogP contribution in [-0.4, -0.2) is 79.4 Å². The van der Waals surface area contributed by atoms with Crippen molar-refractivity contribution in [1.29, 1.82) is 0 Å². The van der Waals surface area contributed by atoms with E-state index in [1.54, 1.807) is 6.33 Å². The number of piperazine rings is 1. The molecule has 1 aromatic rings. The average Bonchev–Trinajstić information content (AvgIpc) is 3.03. The van der Waals surface area contributed by atoms with Crippen LogP contribution in [0.1, 0.15) is 12.8 Å². The van der Waals surface area contributed by atoms with Crippen molar-refractivity contribution >= 4 is 21.7 Å². The fraction of sp³-hybridized carbons (Fsp3) is 0.714. The predicted molar refractivity (Wildman–Crippen MR) is 88.1 cm³/mol. The van der Waals surface area contributed by atoms with Crippen LogP contribution in [0, 0.1) is 0 Å². The van der Waals surface area contributed by atoms with Gasteiger partial charge in [-0.1, -0.05) is 0 Å². The summed E-state index contributed by atoms with van der Waals surface area (Å²) in [7, 11) is -3.13. The maximum absolute atomic E-state index is 11.6. The Bertz CT molecular complexity index is 646. The highest BCUT2D eigenvalue weighted by Gasteiger charge is 2.27. The molecule has 0 bridgehead atoms. The monoisotopic (exact) mass is 341 g/mol. The molecule has 1 unspecified atom stereocenters. The molecule has 2 aliphatic rings. The molecule has 0 amide bonds. The van der Waals surface area contributed by atoms with Gasteiger partial charge in [-0.25, -0.2) is 18.4 Å². The molecule has 8 nitrogen and oxygen atoms in total. The maximum atomic E-state index is 11.6. The van der Waals surface area contributed by atoms with Gasteiger partial charge in [-0.15, -0.1) is 0 Å². The van der Waals surface area contributed by atoms with Gasteiger partial charge in [0.15, 0.2) is 0 Å². The maximum Gasteiger partial charge on any atom is 0.211 e. The Morgan fingerprint density at radius 3 is 2.52 bits per heavy atom. The second kappa shape index (κ2) is 6.58. The van der Waals surface area contributed by atoms with Gasteiger partial charge in [0.05, 0.1) is 18.9 Å². The standard InChI is InChI=1S/C14H23N5O3S/c1-23(21,22)18-7-5-17(6-8-18)13-9-14(16-11-15-13)19-4-2-3-12(19)10-20/h9,11-12,20H,2-8,10H2,1H3. The van der Waals surface area contributed by atoms with E-state index in [0.717, 1.165) is 31.0 Å². The van der Waals surface area contributed by atoms with E-state index < -0.39 is 10.0 Å². The molecule has 1 N–H and O–H groups in total. The van der Waals surface area contributed by atoms with Crippen LogP contribution in [0.15, 0.2) is 12.4 Å². The Morgan fingerprint density at radius 2 is 1.87 bits per heavy atom. The van der Waals surface area contributed by atoms with Crippen molar-refractivity contribution in [3.8, 4) is 0 Å². The molecule has 9 heteroatoms. The lowest BCUT2D eigenvalue weighted by Gasteiger charge is -2.34. The molecule has 3 rings (SSSR count). The molecule has 2 aliphatic heterocycles. The van der Waals surface area contributed by atoms with Gasteiger partial charge in [-0.3, -0.25) is 0 Å². The molecule has 1 aromatic heterocycles. The first-order valence-electron chi connectivity index (χ1n) is 7.88. The average molecular weight is 341 g/mol. The number of nitrogens with zero attached hydrogens (tertiary/aromatic N) is 5. The molecule has 0 aliphatic carbocycles. The first-order valence-corrected chi connectivity index (χ1v) is 9.73. The van der Waals surface area contributed by atoms with Crippen LogP contribution in [0.2, 0.25) is 0 Å². The lowest BCUT2D eigenvalue weighted by Crippen LogP contribution is -2.48. The largest absolute Gasteiger partial charge is 0.394 e. The first-order chi connectivity index (χ1) is 11.0. The van der Waals surface area contributed by atoms with Crippen molar-refractivity contribution < 1.29 is 13.5 Å².